The molecule has 1 aliphatic heterocycles. The molecule has 0 saturated heterocycles. The predicted octanol–water partition coefficient (Wildman–Crippen LogP) is 2.09. The van der Waals surface area contributed by atoms with Gasteiger partial charge in [0.15, 0.2) is 0 Å². The lowest BCUT2D eigenvalue weighted by atomic mass is 10.5. The van der Waals surface area contributed by atoms with Crippen molar-refractivity contribution >= 4 is 22.6 Å². The standard InChI is InChI=1S/C3H3IN4/c1-2-3(4)5-7-8-6-3/h2H,1H2. The molecule has 0 unspecified atom stereocenters. The van der Waals surface area contributed by atoms with Crippen molar-refractivity contribution in [3.63, 3.8) is 0 Å². The Labute approximate surface area is 59.9 Å². The molecule has 0 atom stereocenters. The summed E-state index contributed by atoms with van der Waals surface area (Å²) in [5.74, 6) is 0. The van der Waals surface area contributed by atoms with E-state index in [4.69, 9.17) is 0 Å². The van der Waals surface area contributed by atoms with Crippen LogP contribution in [0.3, 0.4) is 0 Å². The van der Waals surface area contributed by atoms with Gasteiger partial charge in [-0.3, -0.25) is 0 Å². The smallest absolute Gasteiger partial charge is 0.119 e. The minimum absolute atomic E-state index is 0.613. The molecule has 0 N–H and O–H groups in total. The largest absolute Gasteiger partial charge is 0.262 e. The summed E-state index contributed by atoms with van der Waals surface area (Å²) in [5.41, 5.74) is 0. The first-order chi connectivity index (χ1) is 3.77. The second-order valence-corrected chi connectivity index (χ2v) is 2.81. The van der Waals surface area contributed by atoms with E-state index in [1.807, 2.05) is 22.6 Å². The van der Waals surface area contributed by atoms with Gasteiger partial charge in [0, 0.05) is 0 Å². The maximum atomic E-state index is 3.65. The van der Waals surface area contributed by atoms with Crippen LogP contribution >= 0.6 is 22.6 Å². The molecule has 0 saturated carbocycles. The first-order valence-electron chi connectivity index (χ1n) is 1.93. The van der Waals surface area contributed by atoms with Gasteiger partial charge in [0.25, 0.3) is 3.67 Å². The van der Waals surface area contributed by atoms with Crippen molar-refractivity contribution in [2.75, 3.05) is 0 Å². The maximum Gasteiger partial charge on any atom is 0.262 e. The van der Waals surface area contributed by atoms with E-state index in [0.717, 1.165) is 0 Å². The van der Waals surface area contributed by atoms with Gasteiger partial charge in [-0.2, -0.15) is 0 Å². The van der Waals surface area contributed by atoms with Crippen LogP contribution in [0, 0.1) is 0 Å². The molecule has 0 amide bonds. The third kappa shape index (κ3) is 0.908. The van der Waals surface area contributed by atoms with Gasteiger partial charge < -0.3 is 0 Å². The Bertz CT molecular complexity index is 149. The maximum absolute atomic E-state index is 3.65. The molecule has 8 heavy (non-hydrogen) atoms. The highest BCUT2D eigenvalue weighted by Gasteiger charge is 2.23. The van der Waals surface area contributed by atoms with Crippen LogP contribution in [0.5, 0.6) is 0 Å². The molecule has 0 aliphatic carbocycles. The Hall–Kier alpha value is -0.330. The summed E-state index contributed by atoms with van der Waals surface area (Å²) in [7, 11) is 0. The van der Waals surface area contributed by atoms with Crippen molar-refractivity contribution in [2.45, 2.75) is 3.67 Å². The number of hydrogen-bond acceptors (Lipinski definition) is 4. The summed E-state index contributed by atoms with van der Waals surface area (Å²) >= 11 is 1.99. The quantitative estimate of drug-likeness (QED) is 0.282. The average molecular weight is 222 g/mol. The molecule has 42 valence electrons. The first kappa shape index (κ1) is 5.80. The van der Waals surface area contributed by atoms with E-state index in [1.54, 1.807) is 6.08 Å². The fourth-order valence-electron chi connectivity index (χ4n) is 0.267. The van der Waals surface area contributed by atoms with Gasteiger partial charge in [0.1, 0.15) is 0 Å². The molecule has 1 rings (SSSR count). The average Bonchev–Trinajstić information content (AvgIpc) is 2.17. The molecule has 0 spiro atoms. The van der Waals surface area contributed by atoms with Gasteiger partial charge in [-0.15, -0.1) is 10.2 Å². The van der Waals surface area contributed by atoms with Gasteiger partial charge in [-0.25, -0.2) is 0 Å². The fraction of sp³-hybridized carbons (Fsp3) is 0.333. The summed E-state index contributed by atoms with van der Waals surface area (Å²) in [4.78, 5) is 0. The SMILES string of the molecule is C=CC1(I)N=NN=N1. The van der Waals surface area contributed by atoms with Crippen LogP contribution in [-0.4, -0.2) is 3.67 Å². The number of nitrogens with zero attached hydrogens (tertiary/aromatic N) is 4. The molecule has 4 nitrogen and oxygen atoms in total. The van der Waals surface area contributed by atoms with Gasteiger partial charge in [-0.05, 0) is 39.1 Å². The van der Waals surface area contributed by atoms with Gasteiger partial charge in [0.05, 0.1) is 0 Å². The molecule has 1 heterocycles. The highest BCUT2D eigenvalue weighted by Crippen LogP contribution is 2.28. The number of hydrogen-bond donors (Lipinski definition) is 0. The molecule has 0 aromatic heterocycles. The van der Waals surface area contributed by atoms with E-state index in [-0.39, 0.29) is 0 Å². The third-order valence-corrected chi connectivity index (χ3v) is 1.54. The summed E-state index contributed by atoms with van der Waals surface area (Å²) in [6, 6.07) is 0. The van der Waals surface area contributed by atoms with Crippen molar-refractivity contribution < 1.29 is 0 Å². The highest BCUT2D eigenvalue weighted by atomic mass is 127. The van der Waals surface area contributed by atoms with Crippen LogP contribution in [0.2, 0.25) is 0 Å². The minimum atomic E-state index is -0.613. The van der Waals surface area contributed by atoms with E-state index in [1.165, 1.54) is 0 Å². The van der Waals surface area contributed by atoms with Crippen LogP contribution in [0.25, 0.3) is 0 Å². The van der Waals surface area contributed by atoms with E-state index in [9.17, 15) is 0 Å². The third-order valence-electron chi connectivity index (χ3n) is 0.670. The zero-order valence-corrected chi connectivity index (χ0v) is 6.11. The first-order valence-corrected chi connectivity index (χ1v) is 3.01. The van der Waals surface area contributed by atoms with Crippen molar-refractivity contribution in [3.8, 4) is 0 Å². The van der Waals surface area contributed by atoms with Gasteiger partial charge >= 0.3 is 0 Å². The predicted molar refractivity (Wildman–Crippen MR) is 36.7 cm³/mol. The lowest BCUT2D eigenvalue weighted by Crippen LogP contribution is -2.03. The topological polar surface area (TPSA) is 49.4 Å². The molecule has 0 aromatic rings. The Kier molecular flexibility index (Phi) is 1.37. The number of alkyl halides is 1. The minimum Gasteiger partial charge on any atom is -0.119 e. The summed E-state index contributed by atoms with van der Waals surface area (Å²) in [5, 5.41) is 13.9. The lowest BCUT2D eigenvalue weighted by Gasteiger charge is -2.00. The van der Waals surface area contributed by atoms with Crippen LogP contribution < -0.4 is 0 Å². The van der Waals surface area contributed by atoms with E-state index in [0.29, 0.717) is 0 Å². The van der Waals surface area contributed by atoms with Crippen LogP contribution in [0.15, 0.2) is 33.3 Å². The van der Waals surface area contributed by atoms with Crippen molar-refractivity contribution in [3.05, 3.63) is 12.7 Å². The highest BCUT2D eigenvalue weighted by molar-refractivity contribution is 14.1. The zero-order chi connectivity index (χ0) is 6.04. The van der Waals surface area contributed by atoms with Crippen LogP contribution in [0.4, 0.5) is 0 Å². The Morgan fingerprint density at radius 3 is 2.12 bits per heavy atom. The van der Waals surface area contributed by atoms with Crippen molar-refractivity contribution in [2.24, 2.45) is 20.7 Å². The second kappa shape index (κ2) is 1.88. The number of halogens is 1. The van der Waals surface area contributed by atoms with E-state index >= 15 is 0 Å². The molecular formula is C3H3IN4. The molecule has 0 radical (unpaired) electrons. The monoisotopic (exact) mass is 222 g/mol. The van der Waals surface area contributed by atoms with E-state index < -0.39 is 3.67 Å². The molecule has 0 fully saturated rings. The normalized spacial score (nSPS) is 21.6. The van der Waals surface area contributed by atoms with Crippen molar-refractivity contribution in [1.82, 2.24) is 0 Å². The summed E-state index contributed by atoms with van der Waals surface area (Å²) in [6.45, 7) is 3.50. The Morgan fingerprint density at radius 2 is 1.88 bits per heavy atom. The van der Waals surface area contributed by atoms with Crippen LogP contribution in [0.1, 0.15) is 0 Å². The molecular weight excluding hydrogens is 219 g/mol. The number of rotatable bonds is 1. The molecule has 0 aromatic carbocycles. The molecule has 1 aliphatic rings. The lowest BCUT2D eigenvalue weighted by molar-refractivity contribution is 0.832. The zero-order valence-electron chi connectivity index (χ0n) is 3.95. The molecule has 5 heteroatoms. The summed E-state index contributed by atoms with van der Waals surface area (Å²) in [6.07, 6.45) is 1.58. The van der Waals surface area contributed by atoms with Gasteiger partial charge in [-0.1, -0.05) is 6.58 Å². The van der Waals surface area contributed by atoms with E-state index in [2.05, 4.69) is 27.3 Å². The molecule has 0 bridgehead atoms. The van der Waals surface area contributed by atoms with Crippen LogP contribution in [-0.2, 0) is 0 Å². The van der Waals surface area contributed by atoms with Crippen molar-refractivity contribution in [1.29, 1.82) is 0 Å². The Morgan fingerprint density at radius 1 is 1.38 bits per heavy atom. The Balaban J connectivity index is 2.83. The fourth-order valence-corrected chi connectivity index (χ4v) is 0.460. The second-order valence-electron chi connectivity index (χ2n) is 1.22. The van der Waals surface area contributed by atoms with Gasteiger partial charge in [0.2, 0.25) is 0 Å². The summed E-state index contributed by atoms with van der Waals surface area (Å²) < 4.78 is -0.613.